The third-order valence-electron chi connectivity index (χ3n) is 2.11. The zero-order chi connectivity index (χ0) is 10.8. The number of hydrogen-bond donors (Lipinski definition) is 1. The number of aryl methyl sites for hydroxylation is 1. The smallest absolute Gasteiger partial charge is 0.305 e. The largest absolute Gasteiger partial charge is 0.481 e. The molecule has 0 amide bonds. The van der Waals surface area contributed by atoms with Crippen molar-refractivity contribution in [3.8, 4) is 0 Å². The van der Waals surface area contributed by atoms with E-state index in [0.717, 1.165) is 12.1 Å². The minimum atomic E-state index is -0.830. The third kappa shape index (κ3) is 2.31. The summed E-state index contributed by atoms with van der Waals surface area (Å²) in [5.74, 6) is -0.830. The summed E-state index contributed by atoms with van der Waals surface area (Å²) in [5, 5.41) is 16.6. The van der Waals surface area contributed by atoms with Gasteiger partial charge in [-0.25, -0.2) is 4.68 Å². The number of aliphatic carboxylic acids is 1. The van der Waals surface area contributed by atoms with Gasteiger partial charge in [0, 0.05) is 6.20 Å². The minimum absolute atomic E-state index is 0.0412. The molecule has 0 aliphatic rings. The molecule has 78 valence electrons. The maximum atomic E-state index is 10.6. The van der Waals surface area contributed by atoms with Crippen LogP contribution in [0.25, 0.3) is 0 Å². The van der Waals surface area contributed by atoms with Crippen LogP contribution in [-0.2, 0) is 16.8 Å². The summed E-state index contributed by atoms with van der Waals surface area (Å²) in [6, 6.07) is 0. The van der Waals surface area contributed by atoms with Gasteiger partial charge in [-0.3, -0.25) is 4.79 Å². The van der Waals surface area contributed by atoms with Gasteiger partial charge in [0.2, 0.25) is 0 Å². The van der Waals surface area contributed by atoms with Crippen molar-refractivity contribution in [1.82, 2.24) is 15.0 Å². The molecule has 0 aliphatic carbocycles. The second-order valence-electron chi connectivity index (χ2n) is 3.89. The van der Waals surface area contributed by atoms with Crippen LogP contribution in [0.2, 0.25) is 0 Å². The zero-order valence-electron chi connectivity index (χ0n) is 8.69. The van der Waals surface area contributed by atoms with E-state index in [2.05, 4.69) is 10.3 Å². The van der Waals surface area contributed by atoms with Crippen LogP contribution in [0.5, 0.6) is 0 Å². The van der Waals surface area contributed by atoms with E-state index in [1.807, 2.05) is 20.8 Å². The first-order valence-electron chi connectivity index (χ1n) is 4.59. The second-order valence-corrected chi connectivity index (χ2v) is 3.89. The molecule has 0 aliphatic heterocycles. The standard InChI is InChI=1S/C9H15N3O2/c1-4-7-6-12(11-10-7)9(2,3)5-8(13)14/h6H,4-5H2,1-3H3,(H,13,14). The van der Waals surface area contributed by atoms with E-state index in [4.69, 9.17) is 5.11 Å². The van der Waals surface area contributed by atoms with Gasteiger partial charge in [-0.1, -0.05) is 12.1 Å². The number of rotatable bonds is 4. The summed E-state index contributed by atoms with van der Waals surface area (Å²) >= 11 is 0. The molecule has 0 saturated carbocycles. The van der Waals surface area contributed by atoms with Crippen LogP contribution in [0.15, 0.2) is 6.20 Å². The lowest BCUT2D eigenvalue weighted by molar-refractivity contribution is -0.139. The lowest BCUT2D eigenvalue weighted by atomic mass is 10.0. The Hall–Kier alpha value is -1.39. The van der Waals surface area contributed by atoms with E-state index in [9.17, 15) is 4.79 Å². The lowest BCUT2D eigenvalue weighted by Crippen LogP contribution is -2.29. The Morgan fingerprint density at radius 1 is 1.64 bits per heavy atom. The van der Waals surface area contributed by atoms with E-state index in [-0.39, 0.29) is 6.42 Å². The van der Waals surface area contributed by atoms with Crippen molar-refractivity contribution in [2.45, 2.75) is 39.2 Å². The predicted octanol–water partition coefficient (Wildman–Crippen LogP) is 1.05. The summed E-state index contributed by atoms with van der Waals surface area (Å²) in [7, 11) is 0. The first kappa shape index (κ1) is 10.7. The van der Waals surface area contributed by atoms with Crippen LogP contribution in [-0.4, -0.2) is 26.1 Å². The van der Waals surface area contributed by atoms with Gasteiger partial charge in [-0.2, -0.15) is 0 Å². The molecule has 0 fully saturated rings. The molecule has 0 aromatic carbocycles. The van der Waals surface area contributed by atoms with Gasteiger partial charge >= 0.3 is 5.97 Å². The van der Waals surface area contributed by atoms with Crippen LogP contribution < -0.4 is 0 Å². The first-order chi connectivity index (χ1) is 6.45. The van der Waals surface area contributed by atoms with Crippen molar-refractivity contribution in [1.29, 1.82) is 0 Å². The topological polar surface area (TPSA) is 68.0 Å². The fourth-order valence-electron chi connectivity index (χ4n) is 1.21. The van der Waals surface area contributed by atoms with Gasteiger partial charge in [0.1, 0.15) is 0 Å². The monoisotopic (exact) mass is 197 g/mol. The highest BCUT2D eigenvalue weighted by Gasteiger charge is 2.25. The summed E-state index contributed by atoms with van der Waals surface area (Å²) < 4.78 is 1.61. The van der Waals surface area contributed by atoms with Crippen molar-refractivity contribution in [3.63, 3.8) is 0 Å². The first-order valence-corrected chi connectivity index (χ1v) is 4.59. The van der Waals surface area contributed by atoms with Crippen LogP contribution in [0.3, 0.4) is 0 Å². The summed E-state index contributed by atoms with van der Waals surface area (Å²) in [5.41, 5.74) is 0.357. The van der Waals surface area contributed by atoms with Gasteiger partial charge in [0.25, 0.3) is 0 Å². The van der Waals surface area contributed by atoms with Crippen LogP contribution in [0, 0.1) is 0 Å². The Balaban J connectivity index is 2.85. The highest BCUT2D eigenvalue weighted by Crippen LogP contribution is 2.18. The number of carbonyl (C=O) groups is 1. The Morgan fingerprint density at radius 3 is 2.71 bits per heavy atom. The maximum absolute atomic E-state index is 10.6. The van der Waals surface area contributed by atoms with Crippen molar-refractivity contribution >= 4 is 5.97 Å². The Kier molecular flexibility index (Phi) is 2.88. The number of carboxylic acid groups (broad SMARTS) is 1. The van der Waals surface area contributed by atoms with Crippen molar-refractivity contribution in [2.75, 3.05) is 0 Å². The van der Waals surface area contributed by atoms with Crippen LogP contribution in [0.4, 0.5) is 0 Å². The van der Waals surface area contributed by atoms with E-state index in [0.29, 0.717) is 0 Å². The van der Waals surface area contributed by atoms with Crippen LogP contribution >= 0.6 is 0 Å². The molecule has 1 N–H and O–H groups in total. The molecule has 0 saturated heterocycles. The number of hydrogen-bond acceptors (Lipinski definition) is 3. The molecule has 0 radical (unpaired) electrons. The molecule has 0 atom stereocenters. The molecular weight excluding hydrogens is 182 g/mol. The lowest BCUT2D eigenvalue weighted by Gasteiger charge is -2.21. The van der Waals surface area contributed by atoms with Gasteiger partial charge < -0.3 is 5.11 Å². The molecule has 1 aromatic heterocycles. The van der Waals surface area contributed by atoms with Crippen molar-refractivity contribution in [2.24, 2.45) is 0 Å². The Labute approximate surface area is 82.7 Å². The van der Waals surface area contributed by atoms with Crippen LogP contribution in [0.1, 0.15) is 32.9 Å². The molecule has 0 bridgehead atoms. The highest BCUT2D eigenvalue weighted by molar-refractivity contribution is 5.67. The molecule has 1 aromatic rings. The Bertz CT molecular complexity index is 331. The van der Waals surface area contributed by atoms with E-state index in [1.54, 1.807) is 10.9 Å². The predicted molar refractivity (Wildman–Crippen MR) is 51.0 cm³/mol. The number of nitrogens with zero attached hydrogens (tertiary/aromatic N) is 3. The summed E-state index contributed by atoms with van der Waals surface area (Å²) in [6.45, 7) is 5.64. The molecule has 5 nitrogen and oxygen atoms in total. The van der Waals surface area contributed by atoms with Gasteiger partial charge in [0.05, 0.1) is 17.7 Å². The Morgan fingerprint density at radius 2 is 2.29 bits per heavy atom. The van der Waals surface area contributed by atoms with Gasteiger partial charge in [0.15, 0.2) is 0 Å². The average molecular weight is 197 g/mol. The molecular formula is C9H15N3O2. The quantitative estimate of drug-likeness (QED) is 0.783. The maximum Gasteiger partial charge on any atom is 0.305 e. The molecule has 5 heteroatoms. The highest BCUT2D eigenvalue weighted by atomic mass is 16.4. The number of carboxylic acids is 1. The zero-order valence-corrected chi connectivity index (χ0v) is 8.69. The molecule has 1 heterocycles. The molecule has 0 unspecified atom stereocenters. The summed E-state index contributed by atoms with van der Waals surface area (Å²) in [4.78, 5) is 10.6. The summed E-state index contributed by atoms with van der Waals surface area (Å²) in [6.07, 6.45) is 2.64. The van der Waals surface area contributed by atoms with Gasteiger partial charge in [-0.15, -0.1) is 5.10 Å². The van der Waals surface area contributed by atoms with Crippen molar-refractivity contribution < 1.29 is 9.90 Å². The number of aromatic nitrogens is 3. The second kappa shape index (κ2) is 3.77. The van der Waals surface area contributed by atoms with E-state index < -0.39 is 11.5 Å². The molecule has 0 spiro atoms. The minimum Gasteiger partial charge on any atom is -0.481 e. The van der Waals surface area contributed by atoms with Gasteiger partial charge in [-0.05, 0) is 20.3 Å². The average Bonchev–Trinajstić information content (AvgIpc) is 2.49. The SMILES string of the molecule is CCc1cn(C(C)(C)CC(=O)O)nn1. The normalized spacial score (nSPS) is 11.6. The molecule has 1 rings (SSSR count). The fraction of sp³-hybridized carbons (Fsp3) is 0.667. The molecule has 14 heavy (non-hydrogen) atoms. The van der Waals surface area contributed by atoms with E-state index in [1.165, 1.54) is 0 Å². The fourth-order valence-corrected chi connectivity index (χ4v) is 1.21. The van der Waals surface area contributed by atoms with E-state index >= 15 is 0 Å². The third-order valence-corrected chi connectivity index (χ3v) is 2.11. The van der Waals surface area contributed by atoms with Crippen molar-refractivity contribution in [3.05, 3.63) is 11.9 Å².